The van der Waals surface area contributed by atoms with Gasteiger partial charge in [-0.25, -0.2) is 0 Å². The fourth-order valence-electron chi connectivity index (χ4n) is 3.42. The summed E-state index contributed by atoms with van der Waals surface area (Å²) in [4.78, 5) is 48.4. The number of amides is 3. The van der Waals surface area contributed by atoms with Crippen molar-refractivity contribution in [2.75, 3.05) is 0 Å². The molecular formula is C21H16N4O5S. The maximum atomic E-state index is 12.9. The number of non-ortho nitro benzene ring substituents is 1. The maximum absolute atomic E-state index is 12.9. The first kappa shape index (κ1) is 20.4. The summed E-state index contributed by atoms with van der Waals surface area (Å²) in [5.74, 6) is -0.974. The summed E-state index contributed by atoms with van der Waals surface area (Å²) in [6.07, 6.45) is 3.32. The van der Waals surface area contributed by atoms with Crippen LogP contribution in [0.15, 0.2) is 59.6 Å². The first-order valence-electron chi connectivity index (χ1n) is 9.18. The summed E-state index contributed by atoms with van der Waals surface area (Å²) in [6, 6.07) is 13.2. The van der Waals surface area contributed by atoms with Gasteiger partial charge in [-0.15, -0.1) is 0 Å². The summed E-state index contributed by atoms with van der Waals surface area (Å²) < 4.78 is 1.69. The largest absolute Gasteiger partial charge is 0.368 e. The molecule has 9 nitrogen and oxygen atoms in total. The van der Waals surface area contributed by atoms with E-state index in [0.29, 0.717) is 11.1 Å². The lowest BCUT2D eigenvalue weighted by atomic mass is 10.1. The minimum absolute atomic E-state index is 0.0113. The van der Waals surface area contributed by atoms with E-state index >= 15 is 0 Å². The molecule has 0 saturated carbocycles. The molecule has 0 spiro atoms. The summed E-state index contributed by atoms with van der Waals surface area (Å²) in [6.45, 7) is -0.0737. The van der Waals surface area contributed by atoms with Crippen LogP contribution in [-0.4, -0.2) is 31.4 Å². The van der Waals surface area contributed by atoms with Crippen LogP contribution >= 0.6 is 11.8 Å². The molecule has 3 aromatic rings. The van der Waals surface area contributed by atoms with Crippen molar-refractivity contribution in [3.63, 3.8) is 0 Å². The van der Waals surface area contributed by atoms with Gasteiger partial charge in [0.2, 0.25) is 5.91 Å². The molecule has 10 heteroatoms. The molecule has 0 atom stereocenters. The Labute approximate surface area is 180 Å². The number of rotatable bonds is 6. The molecule has 1 aliphatic heterocycles. The fourth-order valence-corrected chi connectivity index (χ4v) is 4.25. The maximum Gasteiger partial charge on any atom is 0.293 e. The van der Waals surface area contributed by atoms with Gasteiger partial charge in [0.25, 0.3) is 16.8 Å². The molecule has 0 radical (unpaired) electrons. The van der Waals surface area contributed by atoms with E-state index in [2.05, 4.69) is 0 Å². The van der Waals surface area contributed by atoms with E-state index in [1.807, 2.05) is 24.3 Å². The minimum Gasteiger partial charge on any atom is -0.368 e. The molecule has 2 heterocycles. The second kappa shape index (κ2) is 8.07. The third-order valence-corrected chi connectivity index (χ3v) is 5.68. The highest BCUT2D eigenvalue weighted by Crippen LogP contribution is 2.35. The van der Waals surface area contributed by atoms with Crippen molar-refractivity contribution in [3.8, 4) is 0 Å². The van der Waals surface area contributed by atoms with E-state index in [4.69, 9.17) is 5.73 Å². The van der Waals surface area contributed by atoms with Crippen LogP contribution in [-0.2, 0) is 22.7 Å². The van der Waals surface area contributed by atoms with E-state index < -0.39 is 22.0 Å². The van der Waals surface area contributed by atoms with Gasteiger partial charge in [-0.1, -0.05) is 30.3 Å². The van der Waals surface area contributed by atoms with Gasteiger partial charge in [0.1, 0.15) is 6.54 Å². The van der Waals surface area contributed by atoms with E-state index in [0.717, 1.165) is 27.6 Å². The van der Waals surface area contributed by atoms with E-state index in [1.54, 1.807) is 22.9 Å². The molecular weight excluding hydrogens is 420 g/mol. The molecule has 2 aromatic carbocycles. The molecule has 1 aliphatic rings. The SMILES string of the molecule is NC(=O)Cn1cc(C=C2SC(=O)N(Cc3cccc([N+](=O)[O-])c3)C2=O)c2ccccc21. The molecule has 3 amide bonds. The highest BCUT2D eigenvalue weighted by molar-refractivity contribution is 8.18. The monoisotopic (exact) mass is 436 g/mol. The second-order valence-corrected chi connectivity index (χ2v) is 7.88. The zero-order chi connectivity index (χ0) is 22.1. The molecule has 156 valence electrons. The standard InChI is InChI=1S/C21H16N4O5S/c22-19(26)12-23-11-14(16-6-1-2-7-17(16)23)9-18-20(27)24(21(28)31-18)10-13-4-3-5-15(8-13)25(29)30/h1-9,11H,10,12H2,(H2,22,26). The Bertz CT molecular complexity index is 1280. The van der Waals surface area contributed by atoms with E-state index in [9.17, 15) is 24.5 Å². The van der Waals surface area contributed by atoms with Crippen molar-refractivity contribution < 1.29 is 19.3 Å². The Balaban J connectivity index is 1.64. The number of benzene rings is 2. The van der Waals surface area contributed by atoms with Crippen LogP contribution in [0.4, 0.5) is 10.5 Å². The van der Waals surface area contributed by atoms with Crippen LogP contribution in [0, 0.1) is 10.1 Å². The highest BCUT2D eigenvalue weighted by Gasteiger charge is 2.35. The number of carbonyl (C=O) groups is 3. The van der Waals surface area contributed by atoms with Crippen LogP contribution in [0.2, 0.25) is 0 Å². The highest BCUT2D eigenvalue weighted by atomic mass is 32.2. The number of para-hydroxylation sites is 1. The average molecular weight is 436 g/mol. The summed E-state index contributed by atoms with van der Waals surface area (Å²) in [7, 11) is 0. The number of primary amides is 1. The number of nitrogens with two attached hydrogens (primary N) is 1. The summed E-state index contributed by atoms with van der Waals surface area (Å²) in [5.41, 5.74) is 7.16. The van der Waals surface area contributed by atoms with Gasteiger partial charge < -0.3 is 10.3 Å². The van der Waals surface area contributed by atoms with Crippen LogP contribution in [0.1, 0.15) is 11.1 Å². The number of aromatic nitrogens is 1. The summed E-state index contributed by atoms with van der Waals surface area (Å²) >= 11 is 0.802. The quantitative estimate of drug-likeness (QED) is 0.359. The number of carbonyl (C=O) groups excluding carboxylic acids is 3. The number of fused-ring (bicyclic) bond motifs is 1. The van der Waals surface area contributed by atoms with Crippen molar-refractivity contribution in [1.82, 2.24) is 9.47 Å². The van der Waals surface area contributed by atoms with Gasteiger partial charge >= 0.3 is 0 Å². The molecule has 0 unspecified atom stereocenters. The molecule has 4 rings (SSSR count). The lowest BCUT2D eigenvalue weighted by Gasteiger charge is -2.12. The number of nitro groups is 1. The first-order valence-corrected chi connectivity index (χ1v) is 10.00. The van der Waals surface area contributed by atoms with Crippen molar-refractivity contribution >= 4 is 51.5 Å². The minimum atomic E-state index is -0.529. The van der Waals surface area contributed by atoms with Gasteiger partial charge in [0.05, 0.1) is 16.4 Å². The van der Waals surface area contributed by atoms with Crippen LogP contribution in [0.25, 0.3) is 17.0 Å². The Morgan fingerprint density at radius 1 is 1.16 bits per heavy atom. The zero-order valence-corrected chi connectivity index (χ0v) is 16.9. The van der Waals surface area contributed by atoms with Crippen molar-refractivity contribution in [1.29, 1.82) is 0 Å². The fraction of sp³-hybridized carbons (Fsp3) is 0.0952. The molecule has 1 aromatic heterocycles. The first-order chi connectivity index (χ1) is 14.8. The van der Waals surface area contributed by atoms with Crippen LogP contribution in [0.3, 0.4) is 0 Å². The van der Waals surface area contributed by atoms with E-state index in [-0.39, 0.29) is 23.7 Å². The third-order valence-electron chi connectivity index (χ3n) is 4.77. The van der Waals surface area contributed by atoms with E-state index in [1.165, 1.54) is 18.2 Å². The Morgan fingerprint density at radius 2 is 1.94 bits per heavy atom. The van der Waals surface area contributed by atoms with Crippen molar-refractivity contribution in [3.05, 3.63) is 80.9 Å². The number of imide groups is 1. The molecule has 1 saturated heterocycles. The molecule has 2 N–H and O–H groups in total. The van der Waals surface area contributed by atoms with Gasteiger partial charge in [-0.05, 0) is 29.5 Å². The Hall–Kier alpha value is -3.92. The number of hydrogen-bond acceptors (Lipinski definition) is 6. The smallest absolute Gasteiger partial charge is 0.293 e. The topological polar surface area (TPSA) is 129 Å². The lowest BCUT2D eigenvalue weighted by molar-refractivity contribution is -0.384. The Morgan fingerprint density at radius 3 is 2.68 bits per heavy atom. The van der Waals surface area contributed by atoms with Crippen LogP contribution in [0.5, 0.6) is 0 Å². The van der Waals surface area contributed by atoms with Crippen molar-refractivity contribution in [2.24, 2.45) is 5.73 Å². The van der Waals surface area contributed by atoms with Gasteiger partial charge in [0, 0.05) is 34.8 Å². The normalized spacial score (nSPS) is 15.2. The third kappa shape index (κ3) is 4.05. The Kier molecular flexibility index (Phi) is 5.30. The number of nitrogens with zero attached hydrogens (tertiary/aromatic N) is 3. The number of nitro benzene ring substituents is 1. The molecule has 31 heavy (non-hydrogen) atoms. The summed E-state index contributed by atoms with van der Waals surface area (Å²) in [5, 5.41) is 11.3. The average Bonchev–Trinajstić information content (AvgIpc) is 3.20. The second-order valence-electron chi connectivity index (χ2n) is 6.89. The predicted octanol–water partition coefficient (Wildman–Crippen LogP) is 3.27. The van der Waals surface area contributed by atoms with Gasteiger partial charge in [-0.3, -0.25) is 29.4 Å². The van der Waals surface area contributed by atoms with Gasteiger partial charge in [0.15, 0.2) is 0 Å². The molecule has 1 fully saturated rings. The lowest BCUT2D eigenvalue weighted by Crippen LogP contribution is -2.27. The van der Waals surface area contributed by atoms with Gasteiger partial charge in [-0.2, -0.15) is 0 Å². The molecule has 0 aliphatic carbocycles. The van der Waals surface area contributed by atoms with Crippen molar-refractivity contribution in [2.45, 2.75) is 13.1 Å². The predicted molar refractivity (Wildman–Crippen MR) is 116 cm³/mol. The number of thioether (sulfide) groups is 1. The van der Waals surface area contributed by atoms with Crippen LogP contribution < -0.4 is 5.73 Å². The zero-order valence-electron chi connectivity index (χ0n) is 16.1. The molecule has 0 bridgehead atoms. The number of hydrogen-bond donors (Lipinski definition) is 1.